The Hall–Kier alpha value is -1.66. The van der Waals surface area contributed by atoms with Gasteiger partial charge < -0.3 is 4.98 Å². The van der Waals surface area contributed by atoms with Crippen LogP contribution in [0.4, 0.5) is 0 Å². The topological polar surface area (TPSA) is 74.8 Å². The second-order valence-corrected chi connectivity index (χ2v) is 6.19. The molecule has 19 heavy (non-hydrogen) atoms. The summed E-state index contributed by atoms with van der Waals surface area (Å²) in [5.41, 5.74) is 1.67. The molecule has 0 unspecified atom stereocenters. The lowest BCUT2D eigenvalue weighted by Crippen LogP contribution is -2.27. The van der Waals surface area contributed by atoms with Crippen LogP contribution in [0.15, 0.2) is 35.5 Å². The van der Waals surface area contributed by atoms with Crippen LogP contribution < -0.4 is 4.72 Å². The molecule has 0 fully saturated rings. The molecule has 0 aliphatic rings. The standard InChI is InChI=1S/C13H17N3O2S/c1-10-3-4-11(2)12(9-10)19(17,18)16-6-5-13-14-7-8-15-13/h3-4,7-9,16H,5-6H2,1-2H3,(H,14,15). The van der Waals surface area contributed by atoms with Crippen molar-refractivity contribution in [2.75, 3.05) is 6.54 Å². The van der Waals surface area contributed by atoms with E-state index < -0.39 is 10.0 Å². The number of aryl methyl sites for hydroxylation is 2. The minimum Gasteiger partial charge on any atom is -0.349 e. The fourth-order valence-electron chi connectivity index (χ4n) is 1.81. The van der Waals surface area contributed by atoms with E-state index in [-0.39, 0.29) is 0 Å². The van der Waals surface area contributed by atoms with Crippen molar-refractivity contribution in [1.82, 2.24) is 14.7 Å². The van der Waals surface area contributed by atoms with Crippen LogP contribution in [0.25, 0.3) is 0 Å². The fraction of sp³-hybridized carbons (Fsp3) is 0.308. The van der Waals surface area contributed by atoms with Crippen molar-refractivity contribution in [1.29, 1.82) is 0 Å². The summed E-state index contributed by atoms with van der Waals surface area (Å²) >= 11 is 0. The highest BCUT2D eigenvalue weighted by molar-refractivity contribution is 7.89. The number of sulfonamides is 1. The van der Waals surface area contributed by atoms with Crippen LogP contribution in [0.2, 0.25) is 0 Å². The molecule has 1 aromatic heterocycles. The Morgan fingerprint density at radius 1 is 1.32 bits per heavy atom. The molecule has 0 amide bonds. The summed E-state index contributed by atoms with van der Waals surface area (Å²) in [6.45, 7) is 3.99. The SMILES string of the molecule is Cc1ccc(C)c(S(=O)(=O)NCCc2ncc[nH]2)c1. The molecule has 2 rings (SSSR count). The van der Waals surface area contributed by atoms with Gasteiger partial charge in [0.15, 0.2) is 0 Å². The van der Waals surface area contributed by atoms with Crippen LogP contribution in [0.3, 0.4) is 0 Å². The zero-order chi connectivity index (χ0) is 13.9. The van der Waals surface area contributed by atoms with Crippen LogP contribution in [-0.2, 0) is 16.4 Å². The Morgan fingerprint density at radius 2 is 2.11 bits per heavy atom. The monoisotopic (exact) mass is 279 g/mol. The Morgan fingerprint density at radius 3 is 2.79 bits per heavy atom. The minimum absolute atomic E-state index is 0.323. The van der Waals surface area contributed by atoms with E-state index in [1.807, 2.05) is 19.1 Å². The first kappa shape index (κ1) is 13.8. The highest BCUT2D eigenvalue weighted by atomic mass is 32.2. The van der Waals surface area contributed by atoms with E-state index in [1.165, 1.54) is 0 Å². The van der Waals surface area contributed by atoms with Crippen molar-refractivity contribution >= 4 is 10.0 Å². The minimum atomic E-state index is -3.46. The second-order valence-electron chi connectivity index (χ2n) is 4.45. The van der Waals surface area contributed by atoms with E-state index in [0.29, 0.717) is 17.9 Å². The second kappa shape index (κ2) is 5.54. The molecule has 6 heteroatoms. The van der Waals surface area contributed by atoms with Gasteiger partial charge in [-0.05, 0) is 31.0 Å². The zero-order valence-electron chi connectivity index (χ0n) is 11.0. The first-order chi connectivity index (χ1) is 8.99. The Bertz CT molecular complexity index is 649. The molecule has 5 nitrogen and oxygen atoms in total. The molecule has 0 spiro atoms. The number of nitrogens with zero attached hydrogens (tertiary/aromatic N) is 1. The lowest BCUT2D eigenvalue weighted by atomic mass is 10.2. The average Bonchev–Trinajstić information content (AvgIpc) is 2.85. The number of hydrogen-bond acceptors (Lipinski definition) is 3. The Labute approximate surface area is 113 Å². The summed E-state index contributed by atoms with van der Waals surface area (Å²) in [5, 5.41) is 0. The van der Waals surface area contributed by atoms with Crippen LogP contribution in [0, 0.1) is 13.8 Å². The number of aromatic nitrogens is 2. The Balaban J connectivity index is 2.07. The highest BCUT2D eigenvalue weighted by Gasteiger charge is 2.16. The van der Waals surface area contributed by atoms with Gasteiger partial charge >= 0.3 is 0 Å². The van der Waals surface area contributed by atoms with Gasteiger partial charge in [0.1, 0.15) is 5.82 Å². The van der Waals surface area contributed by atoms with E-state index >= 15 is 0 Å². The molecule has 2 aromatic rings. The first-order valence-electron chi connectivity index (χ1n) is 6.04. The maximum Gasteiger partial charge on any atom is 0.240 e. The maximum absolute atomic E-state index is 12.2. The van der Waals surface area contributed by atoms with Crippen molar-refractivity contribution in [3.05, 3.63) is 47.5 Å². The van der Waals surface area contributed by atoms with Crippen LogP contribution in [-0.4, -0.2) is 24.9 Å². The first-order valence-corrected chi connectivity index (χ1v) is 7.52. The van der Waals surface area contributed by atoms with E-state index in [9.17, 15) is 8.42 Å². The molecule has 0 aliphatic carbocycles. The van der Waals surface area contributed by atoms with Gasteiger partial charge in [0.25, 0.3) is 0 Å². The van der Waals surface area contributed by atoms with Crippen molar-refractivity contribution in [2.24, 2.45) is 0 Å². The third kappa shape index (κ3) is 3.42. The number of rotatable bonds is 5. The summed E-state index contributed by atoms with van der Waals surface area (Å²) < 4.78 is 27.0. The number of benzene rings is 1. The molecular weight excluding hydrogens is 262 g/mol. The van der Waals surface area contributed by atoms with E-state index in [0.717, 1.165) is 17.0 Å². The van der Waals surface area contributed by atoms with Crippen molar-refractivity contribution < 1.29 is 8.42 Å². The molecule has 0 saturated carbocycles. The Kier molecular flexibility index (Phi) is 4.01. The number of H-pyrrole nitrogens is 1. The average molecular weight is 279 g/mol. The molecule has 0 saturated heterocycles. The maximum atomic E-state index is 12.2. The van der Waals surface area contributed by atoms with Crippen LogP contribution in [0.1, 0.15) is 17.0 Å². The number of imidazole rings is 1. The molecule has 2 N–H and O–H groups in total. The molecule has 0 radical (unpaired) electrons. The lowest BCUT2D eigenvalue weighted by Gasteiger charge is -2.09. The van der Waals surface area contributed by atoms with E-state index in [2.05, 4.69) is 14.7 Å². The summed E-state index contributed by atoms with van der Waals surface area (Å²) in [5.74, 6) is 0.767. The van der Waals surface area contributed by atoms with Gasteiger partial charge in [-0.15, -0.1) is 0 Å². The fourth-order valence-corrected chi connectivity index (χ4v) is 3.17. The van der Waals surface area contributed by atoms with Crippen molar-refractivity contribution in [3.63, 3.8) is 0 Å². The van der Waals surface area contributed by atoms with Gasteiger partial charge in [-0.3, -0.25) is 0 Å². The predicted octanol–water partition coefficient (Wildman–Crippen LogP) is 1.55. The van der Waals surface area contributed by atoms with E-state index in [1.54, 1.807) is 25.4 Å². The highest BCUT2D eigenvalue weighted by Crippen LogP contribution is 2.16. The lowest BCUT2D eigenvalue weighted by molar-refractivity contribution is 0.580. The number of nitrogens with one attached hydrogen (secondary N) is 2. The summed E-state index contributed by atoms with van der Waals surface area (Å²) in [4.78, 5) is 7.33. The largest absolute Gasteiger partial charge is 0.349 e. The van der Waals surface area contributed by atoms with E-state index in [4.69, 9.17) is 0 Å². The zero-order valence-corrected chi connectivity index (χ0v) is 11.8. The number of hydrogen-bond donors (Lipinski definition) is 2. The van der Waals surface area contributed by atoms with Crippen molar-refractivity contribution in [2.45, 2.75) is 25.2 Å². The van der Waals surface area contributed by atoms with Crippen molar-refractivity contribution in [3.8, 4) is 0 Å². The molecule has 1 aromatic carbocycles. The van der Waals surface area contributed by atoms with Gasteiger partial charge in [0.05, 0.1) is 4.90 Å². The van der Waals surface area contributed by atoms with Gasteiger partial charge in [0.2, 0.25) is 10.0 Å². The third-order valence-electron chi connectivity index (χ3n) is 2.84. The van der Waals surface area contributed by atoms with Gasteiger partial charge in [-0.25, -0.2) is 18.1 Å². The third-order valence-corrected chi connectivity index (χ3v) is 4.44. The summed E-state index contributed by atoms with van der Waals surface area (Å²) in [7, 11) is -3.46. The number of aromatic amines is 1. The quantitative estimate of drug-likeness (QED) is 0.872. The summed E-state index contributed by atoms with van der Waals surface area (Å²) in [6, 6.07) is 5.40. The molecular formula is C13H17N3O2S. The molecule has 1 heterocycles. The summed E-state index contributed by atoms with van der Waals surface area (Å²) in [6.07, 6.45) is 3.90. The normalized spacial score (nSPS) is 11.7. The van der Waals surface area contributed by atoms with Gasteiger partial charge in [0, 0.05) is 25.4 Å². The molecule has 0 aliphatic heterocycles. The van der Waals surface area contributed by atoms with Gasteiger partial charge in [-0.2, -0.15) is 0 Å². The smallest absolute Gasteiger partial charge is 0.240 e. The van der Waals surface area contributed by atoms with Crippen LogP contribution in [0.5, 0.6) is 0 Å². The molecule has 102 valence electrons. The molecule has 0 bridgehead atoms. The predicted molar refractivity (Wildman–Crippen MR) is 73.4 cm³/mol. The molecule has 0 atom stereocenters. The van der Waals surface area contributed by atoms with Crippen LogP contribution >= 0.6 is 0 Å². The van der Waals surface area contributed by atoms with Gasteiger partial charge in [-0.1, -0.05) is 12.1 Å².